The third kappa shape index (κ3) is 2.65. The van der Waals surface area contributed by atoms with Crippen molar-refractivity contribution >= 4 is 17.7 Å². The van der Waals surface area contributed by atoms with E-state index in [0.29, 0.717) is 30.5 Å². The van der Waals surface area contributed by atoms with Gasteiger partial charge >= 0.3 is 5.97 Å². The van der Waals surface area contributed by atoms with E-state index in [1.165, 1.54) is 11.8 Å². The van der Waals surface area contributed by atoms with E-state index in [1.54, 1.807) is 24.3 Å². The molecule has 0 radical (unpaired) electrons. The molecule has 1 aromatic carbocycles. The number of Topliss-reactive ketones (excluding diaryl/α,β-unsaturated/α-hetero) is 1. The van der Waals surface area contributed by atoms with Crippen LogP contribution in [0.1, 0.15) is 40.5 Å². The molecule has 2 rings (SSSR count). The van der Waals surface area contributed by atoms with Crippen LogP contribution in [-0.4, -0.2) is 40.3 Å². The smallest absolute Gasteiger partial charge is 0.326 e. The lowest BCUT2D eigenvalue weighted by Crippen LogP contribution is -2.40. The van der Waals surface area contributed by atoms with Gasteiger partial charge in [0.2, 0.25) is 0 Å². The molecule has 1 aromatic rings. The average molecular weight is 261 g/mol. The van der Waals surface area contributed by atoms with E-state index in [9.17, 15) is 14.4 Å². The molecule has 1 heterocycles. The highest BCUT2D eigenvalue weighted by Gasteiger charge is 2.34. The Bertz CT molecular complexity index is 521. The van der Waals surface area contributed by atoms with Gasteiger partial charge in [0.25, 0.3) is 5.91 Å². The van der Waals surface area contributed by atoms with Gasteiger partial charge < -0.3 is 10.0 Å². The number of carbonyl (C=O) groups is 3. The minimum atomic E-state index is -0.966. The van der Waals surface area contributed by atoms with Gasteiger partial charge in [-0.25, -0.2) is 4.79 Å². The second kappa shape index (κ2) is 5.22. The van der Waals surface area contributed by atoms with Crippen molar-refractivity contribution in [3.8, 4) is 0 Å². The van der Waals surface area contributed by atoms with Gasteiger partial charge in [-0.1, -0.05) is 12.1 Å². The summed E-state index contributed by atoms with van der Waals surface area (Å²) in [5.41, 5.74) is 0.950. The van der Waals surface area contributed by atoms with E-state index in [-0.39, 0.29) is 11.7 Å². The van der Waals surface area contributed by atoms with E-state index in [2.05, 4.69) is 0 Å². The van der Waals surface area contributed by atoms with Crippen LogP contribution in [0.25, 0.3) is 0 Å². The number of carboxylic acid groups (broad SMARTS) is 1. The molecule has 1 saturated heterocycles. The highest BCUT2D eigenvalue weighted by atomic mass is 16.4. The number of carboxylic acids is 1. The molecule has 1 amide bonds. The third-order valence-corrected chi connectivity index (χ3v) is 3.34. The summed E-state index contributed by atoms with van der Waals surface area (Å²) in [5.74, 6) is -1.32. The summed E-state index contributed by atoms with van der Waals surface area (Å²) < 4.78 is 0. The molecular weight excluding hydrogens is 246 g/mol. The Labute approximate surface area is 110 Å². The molecule has 0 saturated carbocycles. The maximum Gasteiger partial charge on any atom is 0.326 e. The molecule has 1 aliphatic rings. The number of hydrogen-bond acceptors (Lipinski definition) is 3. The van der Waals surface area contributed by atoms with Crippen molar-refractivity contribution in [2.24, 2.45) is 0 Å². The van der Waals surface area contributed by atoms with Crippen molar-refractivity contribution in [2.75, 3.05) is 6.54 Å². The van der Waals surface area contributed by atoms with Crippen molar-refractivity contribution in [3.63, 3.8) is 0 Å². The Morgan fingerprint density at radius 2 is 1.74 bits per heavy atom. The Morgan fingerprint density at radius 3 is 2.26 bits per heavy atom. The molecule has 5 heteroatoms. The minimum absolute atomic E-state index is 0.0661. The predicted molar refractivity (Wildman–Crippen MR) is 68.1 cm³/mol. The van der Waals surface area contributed by atoms with Crippen LogP contribution in [-0.2, 0) is 4.79 Å². The maximum absolute atomic E-state index is 12.2. The first-order valence-corrected chi connectivity index (χ1v) is 6.15. The highest BCUT2D eigenvalue weighted by Crippen LogP contribution is 2.20. The molecule has 0 bridgehead atoms. The fourth-order valence-corrected chi connectivity index (χ4v) is 2.28. The fraction of sp³-hybridized carbons (Fsp3) is 0.357. The van der Waals surface area contributed by atoms with E-state index in [1.807, 2.05) is 0 Å². The van der Waals surface area contributed by atoms with Crippen LogP contribution in [0.3, 0.4) is 0 Å². The number of benzene rings is 1. The third-order valence-electron chi connectivity index (χ3n) is 3.34. The first-order chi connectivity index (χ1) is 9.00. The van der Waals surface area contributed by atoms with Gasteiger partial charge in [0.05, 0.1) is 0 Å². The van der Waals surface area contributed by atoms with Crippen LogP contribution in [0.2, 0.25) is 0 Å². The molecule has 100 valence electrons. The number of ketones is 1. The summed E-state index contributed by atoms with van der Waals surface area (Å²) in [6, 6.07) is 5.56. The van der Waals surface area contributed by atoms with Gasteiger partial charge in [-0.15, -0.1) is 0 Å². The number of hydrogen-bond donors (Lipinski definition) is 1. The van der Waals surface area contributed by atoms with Crippen LogP contribution in [0.5, 0.6) is 0 Å². The second-order valence-electron chi connectivity index (χ2n) is 4.63. The van der Waals surface area contributed by atoms with Gasteiger partial charge in [-0.3, -0.25) is 9.59 Å². The Hall–Kier alpha value is -2.17. The zero-order valence-corrected chi connectivity index (χ0v) is 10.6. The summed E-state index contributed by atoms with van der Waals surface area (Å²) in [5, 5.41) is 9.06. The monoisotopic (exact) mass is 261 g/mol. The molecule has 0 aromatic heterocycles. The topological polar surface area (TPSA) is 74.7 Å². The first kappa shape index (κ1) is 13.3. The lowest BCUT2D eigenvalue weighted by atomic mass is 10.1. The number of rotatable bonds is 3. The number of carbonyl (C=O) groups excluding carboxylic acids is 2. The SMILES string of the molecule is CC(=O)c1ccc(C(=O)N2CCCC2C(=O)O)cc1. The minimum Gasteiger partial charge on any atom is -0.480 e. The Kier molecular flexibility index (Phi) is 3.64. The van der Waals surface area contributed by atoms with Gasteiger partial charge in [-0.2, -0.15) is 0 Å². The molecule has 5 nitrogen and oxygen atoms in total. The second-order valence-corrected chi connectivity index (χ2v) is 4.63. The summed E-state index contributed by atoms with van der Waals surface area (Å²) in [4.78, 5) is 35.8. The van der Waals surface area contributed by atoms with E-state index >= 15 is 0 Å². The summed E-state index contributed by atoms with van der Waals surface area (Å²) in [6.07, 6.45) is 1.20. The molecule has 1 N–H and O–H groups in total. The summed E-state index contributed by atoms with van der Waals surface area (Å²) in [7, 11) is 0. The molecule has 0 aliphatic carbocycles. The lowest BCUT2D eigenvalue weighted by Gasteiger charge is -2.21. The standard InChI is InChI=1S/C14H15NO4/c1-9(16)10-4-6-11(7-5-10)13(17)15-8-2-3-12(15)14(18)19/h4-7,12H,2-3,8H2,1H3,(H,18,19). The molecule has 1 unspecified atom stereocenters. The molecular formula is C14H15NO4. The number of amides is 1. The van der Waals surface area contributed by atoms with Crippen LogP contribution in [0, 0.1) is 0 Å². The van der Waals surface area contributed by atoms with Crippen molar-refractivity contribution in [3.05, 3.63) is 35.4 Å². The van der Waals surface area contributed by atoms with Crippen molar-refractivity contribution in [2.45, 2.75) is 25.8 Å². The number of likely N-dealkylation sites (tertiary alicyclic amines) is 1. The lowest BCUT2D eigenvalue weighted by molar-refractivity contribution is -0.141. The fourth-order valence-electron chi connectivity index (χ4n) is 2.28. The van der Waals surface area contributed by atoms with Crippen molar-refractivity contribution in [1.29, 1.82) is 0 Å². The quantitative estimate of drug-likeness (QED) is 0.838. The number of nitrogens with zero attached hydrogens (tertiary/aromatic N) is 1. The van der Waals surface area contributed by atoms with Gasteiger partial charge in [0, 0.05) is 17.7 Å². The number of aliphatic carboxylic acids is 1. The molecule has 1 aliphatic heterocycles. The molecule has 1 atom stereocenters. The summed E-state index contributed by atoms with van der Waals surface area (Å²) >= 11 is 0. The zero-order chi connectivity index (χ0) is 14.0. The Balaban J connectivity index is 2.19. The van der Waals surface area contributed by atoms with E-state index < -0.39 is 12.0 Å². The van der Waals surface area contributed by atoms with E-state index in [0.717, 1.165) is 0 Å². The van der Waals surface area contributed by atoms with Crippen LogP contribution in [0.15, 0.2) is 24.3 Å². The maximum atomic E-state index is 12.2. The van der Waals surface area contributed by atoms with Crippen molar-refractivity contribution in [1.82, 2.24) is 4.90 Å². The average Bonchev–Trinajstić information content (AvgIpc) is 2.87. The molecule has 1 fully saturated rings. The predicted octanol–water partition coefficient (Wildman–Crippen LogP) is 1.58. The van der Waals surface area contributed by atoms with Gasteiger partial charge in [-0.05, 0) is 31.9 Å². The highest BCUT2D eigenvalue weighted by molar-refractivity contribution is 5.99. The van der Waals surface area contributed by atoms with E-state index in [4.69, 9.17) is 5.11 Å². The van der Waals surface area contributed by atoms with Gasteiger partial charge in [0.15, 0.2) is 5.78 Å². The first-order valence-electron chi connectivity index (χ1n) is 6.15. The van der Waals surface area contributed by atoms with Crippen LogP contribution in [0.4, 0.5) is 0 Å². The van der Waals surface area contributed by atoms with Crippen LogP contribution >= 0.6 is 0 Å². The largest absolute Gasteiger partial charge is 0.480 e. The summed E-state index contributed by atoms with van der Waals surface area (Å²) in [6.45, 7) is 1.92. The zero-order valence-electron chi connectivity index (χ0n) is 10.6. The van der Waals surface area contributed by atoms with Crippen molar-refractivity contribution < 1.29 is 19.5 Å². The Morgan fingerprint density at radius 1 is 1.16 bits per heavy atom. The van der Waals surface area contributed by atoms with Gasteiger partial charge in [0.1, 0.15) is 6.04 Å². The normalized spacial score (nSPS) is 18.4. The molecule has 0 spiro atoms. The molecule has 19 heavy (non-hydrogen) atoms. The van der Waals surface area contributed by atoms with Crippen LogP contribution < -0.4 is 0 Å².